The van der Waals surface area contributed by atoms with Crippen molar-refractivity contribution >= 4 is 17.5 Å². The van der Waals surface area contributed by atoms with Crippen molar-refractivity contribution in [1.82, 2.24) is 30.4 Å². The summed E-state index contributed by atoms with van der Waals surface area (Å²) in [5, 5.41) is 19.1. The van der Waals surface area contributed by atoms with Crippen molar-refractivity contribution in [3.8, 4) is 11.9 Å². The van der Waals surface area contributed by atoms with Crippen molar-refractivity contribution in [1.29, 1.82) is 5.26 Å². The molecule has 178 valence electrons. The predicted molar refractivity (Wildman–Crippen MR) is 118 cm³/mol. The number of benzene rings is 1. The third-order valence-corrected chi connectivity index (χ3v) is 4.92. The van der Waals surface area contributed by atoms with Gasteiger partial charge in [-0.25, -0.2) is 9.97 Å². The zero-order valence-electron chi connectivity index (χ0n) is 18.3. The van der Waals surface area contributed by atoms with Crippen molar-refractivity contribution in [3.63, 3.8) is 0 Å². The van der Waals surface area contributed by atoms with Gasteiger partial charge in [-0.05, 0) is 50.2 Å². The first-order chi connectivity index (χ1) is 16.1. The topological polar surface area (TPSA) is 109 Å². The molecule has 0 aliphatic heterocycles. The molecule has 0 aliphatic carbocycles. The van der Waals surface area contributed by atoms with Gasteiger partial charge in [0.1, 0.15) is 6.07 Å². The Balaban J connectivity index is 1.90. The second kappa shape index (κ2) is 10.6. The van der Waals surface area contributed by atoms with Gasteiger partial charge in [0.25, 0.3) is 5.91 Å². The molecule has 2 N–H and O–H groups in total. The number of hydrogen-bond acceptors (Lipinski definition) is 6. The lowest BCUT2D eigenvalue weighted by molar-refractivity contribution is -0.137. The van der Waals surface area contributed by atoms with Gasteiger partial charge < -0.3 is 10.6 Å². The van der Waals surface area contributed by atoms with E-state index in [0.717, 1.165) is 31.2 Å². The van der Waals surface area contributed by atoms with Crippen molar-refractivity contribution in [2.75, 3.05) is 6.54 Å². The second-order valence-corrected chi connectivity index (χ2v) is 7.85. The second-order valence-electron chi connectivity index (χ2n) is 7.41. The van der Waals surface area contributed by atoms with Gasteiger partial charge >= 0.3 is 6.18 Å². The molecule has 2 aromatic heterocycles. The molecule has 0 aliphatic rings. The fraction of sp³-hybridized carbons (Fsp3) is 0.318. The summed E-state index contributed by atoms with van der Waals surface area (Å²) < 4.78 is 40.8. The lowest BCUT2D eigenvalue weighted by Gasteiger charge is -2.15. The summed E-state index contributed by atoms with van der Waals surface area (Å²) in [5.41, 5.74) is -0.899. The van der Waals surface area contributed by atoms with E-state index in [2.05, 4.69) is 25.7 Å². The highest BCUT2D eigenvalue weighted by Crippen LogP contribution is 2.32. The zero-order chi connectivity index (χ0) is 24.9. The Morgan fingerprint density at radius 1 is 1.29 bits per heavy atom. The van der Waals surface area contributed by atoms with Gasteiger partial charge in [-0.2, -0.15) is 23.1 Å². The van der Waals surface area contributed by atoms with Crippen molar-refractivity contribution in [3.05, 3.63) is 69.9 Å². The monoisotopic (exact) mass is 491 g/mol. The van der Waals surface area contributed by atoms with Crippen LogP contribution in [0.2, 0.25) is 5.02 Å². The van der Waals surface area contributed by atoms with Crippen LogP contribution in [0.3, 0.4) is 0 Å². The number of alkyl halides is 3. The van der Waals surface area contributed by atoms with Crippen LogP contribution in [0.15, 0.2) is 36.5 Å². The van der Waals surface area contributed by atoms with Crippen LogP contribution in [-0.4, -0.2) is 32.2 Å². The summed E-state index contributed by atoms with van der Waals surface area (Å²) in [5.74, 6) is 0.370. The van der Waals surface area contributed by atoms with E-state index in [9.17, 15) is 18.0 Å². The van der Waals surface area contributed by atoms with Crippen molar-refractivity contribution < 1.29 is 18.0 Å². The van der Waals surface area contributed by atoms with E-state index in [4.69, 9.17) is 16.9 Å². The lowest BCUT2D eigenvalue weighted by atomic mass is 10.1. The Kier molecular flexibility index (Phi) is 7.86. The number of carbonyl (C=O) groups excluding carboxylic acids is 1. The number of hydrogen-bond donors (Lipinski definition) is 2. The summed E-state index contributed by atoms with van der Waals surface area (Å²) in [7, 11) is 0. The zero-order valence-corrected chi connectivity index (χ0v) is 19.1. The van der Waals surface area contributed by atoms with Gasteiger partial charge in [0.15, 0.2) is 17.5 Å². The van der Waals surface area contributed by atoms with Gasteiger partial charge in [-0.3, -0.25) is 4.79 Å². The molecule has 1 unspecified atom stereocenters. The number of pyridine rings is 1. The molecule has 0 radical (unpaired) electrons. The number of nitriles is 1. The van der Waals surface area contributed by atoms with Crippen molar-refractivity contribution in [2.24, 2.45) is 0 Å². The molecule has 0 spiro atoms. The SMILES string of the molecule is CCCNCc1nc(C(C)NC(=O)c2cc(Cl)cc(C(F)(F)F)c2)n(-c2ccc(C#N)cn2)n1. The smallest absolute Gasteiger partial charge is 0.342 e. The first-order valence-corrected chi connectivity index (χ1v) is 10.7. The molecule has 1 aromatic carbocycles. The minimum Gasteiger partial charge on any atom is -0.342 e. The average Bonchev–Trinajstić information content (AvgIpc) is 3.22. The Morgan fingerprint density at radius 2 is 2.06 bits per heavy atom. The number of rotatable bonds is 8. The third-order valence-electron chi connectivity index (χ3n) is 4.70. The van der Waals surface area contributed by atoms with Gasteiger partial charge in [0.2, 0.25) is 0 Å². The Hall–Kier alpha value is -3.49. The van der Waals surface area contributed by atoms with E-state index in [1.807, 2.05) is 13.0 Å². The third kappa shape index (κ3) is 6.09. The highest BCUT2D eigenvalue weighted by atomic mass is 35.5. The van der Waals surface area contributed by atoms with Crippen LogP contribution in [0.5, 0.6) is 0 Å². The Labute approximate surface area is 198 Å². The van der Waals surface area contributed by atoms with Crippen LogP contribution in [0.25, 0.3) is 5.82 Å². The molecule has 0 fully saturated rings. The molecule has 34 heavy (non-hydrogen) atoms. The first-order valence-electron chi connectivity index (χ1n) is 10.3. The number of nitrogens with zero attached hydrogens (tertiary/aromatic N) is 5. The van der Waals surface area contributed by atoms with Crippen LogP contribution in [-0.2, 0) is 12.7 Å². The van der Waals surface area contributed by atoms with Gasteiger partial charge in [-0.1, -0.05) is 18.5 Å². The van der Waals surface area contributed by atoms with E-state index in [-0.39, 0.29) is 10.6 Å². The molecule has 1 atom stereocenters. The molecule has 0 bridgehead atoms. The van der Waals surface area contributed by atoms with E-state index in [1.165, 1.54) is 10.9 Å². The number of aromatic nitrogens is 4. The predicted octanol–water partition coefficient (Wildman–Crippen LogP) is 4.20. The minimum atomic E-state index is -4.65. The van der Waals surface area contributed by atoms with Crippen LogP contribution in [0, 0.1) is 11.3 Å². The van der Waals surface area contributed by atoms with Gasteiger partial charge in [0, 0.05) is 16.8 Å². The minimum absolute atomic E-state index is 0.207. The molecule has 0 saturated heterocycles. The molecule has 3 rings (SSSR count). The molecular weight excluding hydrogens is 471 g/mol. The summed E-state index contributed by atoms with van der Waals surface area (Å²) in [6.07, 6.45) is -2.35. The average molecular weight is 492 g/mol. The lowest BCUT2D eigenvalue weighted by Crippen LogP contribution is -2.29. The summed E-state index contributed by atoms with van der Waals surface area (Å²) in [6.45, 7) is 4.76. The van der Waals surface area contributed by atoms with Crippen LogP contribution < -0.4 is 10.6 Å². The maximum Gasteiger partial charge on any atom is 0.416 e. The standard InChI is InChI=1S/C22H21ClF3N7O/c1-3-6-28-12-18-31-20(33(32-18)19-5-4-14(10-27)11-29-19)13(2)30-21(34)15-7-16(22(24,25)26)9-17(23)8-15/h4-5,7-9,11,13,28H,3,6,12H2,1-2H3,(H,30,34). The number of halogens is 4. The summed E-state index contributed by atoms with van der Waals surface area (Å²) in [6, 6.07) is 7.04. The largest absolute Gasteiger partial charge is 0.416 e. The maximum atomic E-state index is 13.1. The normalized spacial score (nSPS) is 12.3. The number of carbonyl (C=O) groups is 1. The summed E-state index contributed by atoms with van der Waals surface area (Å²) in [4.78, 5) is 21.5. The molecule has 1 amide bonds. The quantitative estimate of drug-likeness (QED) is 0.457. The highest BCUT2D eigenvalue weighted by Gasteiger charge is 2.32. The number of nitrogens with one attached hydrogen (secondary N) is 2. The Morgan fingerprint density at radius 3 is 2.68 bits per heavy atom. The maximum absolute atomic E-state index is 13.1. The van der Waals surface area contributed by atoms with Crippen LogP contribution in [0.1, 0.15) is 59.4 Å². The molecule has 12 heteroatoms. The van der Waals surface area contributed by atoms with E-state index in [0.29, 0.717) is 29.6 Å². The molecule has 8 nitrogen and oxygen atoms in total. The number of amides is 1. The molecule has 3 aromatic rings. The van der Waals surface area contributed by atoms with Crippen LogP contribution in [0.4, 0.5) is 13.2 Å². The fourth-order valence-electron chi connectivity index (χ4n) is 3.08. The van der Waals surface area contributed by atoms with E-state index in [1.54, 1.807) is 19.1 Å². The van der Waals surface area contributed by atoms with Crippen LogP contribution >= 0.6 is 11.6 Å². The van der Waals surface area contributed by atoms with E-state index < -0.39 is 23.7 Å². The summed E-state index contributed by atoms with van der Waals surface area (Å²) >= 11 is 5.80. The van der Waals surface area contributed by atoms with E-state index >= 15 is 0 Å². The molecule has 0 saturated carbocycles. The van der Waals surface area contributed by atoms with Gasteiger partial charge in [0.05, 0.1) is 23.7 Å². The molecular formula is C22H21ClF3N7O. The fourth-order valence-corrected chi connectivity index (χ4v) is 3.31. The Bertz CT molecular complexity index is 1200. The molecule has 2 heterocycles. The highest BCUT2D eigenvalue weighted by molar-refractivity contribution is 6.31. The first kappa shape index (κ1) is 25.1. The van der Waals surface area contributed by atoms with Gasteiger partial charge in [-0.15, -0.1) is 5.10 Å². The van der Waals surface area contributed by atoms with Crippen molar-refractivity contribution in [2.45, 2.75) is 39.0 Å².